The summed E-state index contributed by atoms with van der Waals surface area (Å²) in [6.45, 7) is 6.44. The molecular formula is C24H36FIN5O4+. The Bertz CT molecular complexity index is 930. The van der Waals surface area contributed by atoms with Gasteiger partial charge in [0.1, 0.15) is 11.9 Å². The molecule has 2 N–H and O–H groups in total. The van der Waals surface area contributed by atoms with Crippen LogP contribution in [-0.2, 0) is 9.53 Å². The molecule has 2 amide bonds. The lowest BCUT2D eigenvalue weighted by molar-refractivity contribution is -0.894. The monoisotopic (exact) mass is 604 g/mol. The van der Waals surface area contributed by atoms with Gasteiger partial charge in [-0.25, -0.2) is 9.18 Å². The maximum atomic E-state index is 15.1. The highest BCUT2D eigenvalue weighted by atomic mass is 127. The van der Waals surface area contributed by atoms with Crippen LogP contribution in [0.2, 0.25) is 0 Å². The summed E-state index contributed by atoms with van der Waals surface area (Å²) in [6.07, 6.45) is 0.161. The fraction of sp³-hybridized carbons (Fsp3) is 0.667. The molecular weight excluding hydrogens is 568 g/mol. The molecule has 1 atom stereocenters. The number of carbonyl (C=O) groups is 2. The minimum absolute atomic E-state index is 0.122. The number of carbonyl (C=O) groups excluding carboxylic acids is 2. The van der Waals surface area contributed by atoms with E-state index in [1.807, 2.05) is 27.5 Å². The van der Waals surface area contributed by atoms with Crippen molar-refractivity contribution in [3.05, 3.63) is 24.0 Å². The molecule has 1 aromatic rings. The fourth-order valence-corrected chi connectivity index (χ4v) is 5.25. The number of halogens is 2. The van der Waals surface area contributed by atoms with Crippen LogP contribution in [0.4, 0.5) is 20.6 Å². The number of benzene rings is 1. The van der Waals surface area contributed by atoms with Crippen molar-refractivity contribution in [1.82, 2.24) is 10.2 Å². The number of rotatable bonds is 7. The van der Waals surface area contributed by atoms with Gasteiger partial charge >= 0.3 is 6.09 Å². The van der Waals surface area contributed by atoms with Gasteiger partial charge in [-0.2, -0.15) is 0 Å². The number of anilines is 2. The van der Waals surface area contributed by atoms with Crippen molar-refractivity contribution in [3.8, 4) is 0 Å². The third kappa shape index (κ3) is 6.55. The summed E-state index contributed by atoms with van der Waals surface area (Å²) >= 11 is 1.96. The number of quaternary nitrogens is 1. The van der Waals surface area contributed by atoms with Crippen LogP contribution < -0.4 is 15.1 Å². The van der Waals surface area contributed by atoms with E-state index in [9.17, 15) is 14.7 Å². The van der Waals surface area contributed by atoms with Gasteiger partial charge in [0.25, 0.3) is 0 Å². The van der Waals surface area contributed by atoms with Gasteiger partial charge in [-0.3, -0.25) is 14.6 Å². The smallest absolute Gasteiger partial charge is 0.414 e. The fourth-order valence-electron chi connectivity index (χ4n) is 4.98. The highest BCUT2D eigenvalue weighted by Gasteiger charge is 2.37. The predicted octanol–water partition coefficient (Wildman–Crippen LogP) is 1.43. The van der Waals surface area contributed by atoms with Crippen LogP contribution >= 0.6 is 22.6 Å². The average Bonchev–Trinajstić information content (AvgIpc) is 3.20. The minimum Gasteiger partial charge on any atom is -0.442 e. The number of β-amino-alcohol motifs (C(OH)–C–C–N with tert-alkyl or cyclic N) is 1. The number of nitrogens with one attached hydrogen (secondary N) is 1. The normalized spacial score (nSPS) is 24.4. The summed E-state index contributed by atoms with van der Waals surface area (Å²) in [6, 6.07) is 4.77. The number of hydrogen-bond acceptors (Lipinski definition) is 6. The van der Waals surface area contributed by atoms with E-state index in [4.69, 9.17) is 4.74 Å². The standard InChI is InChI=1S/C24H35FIN5O4/c1-31(2)11-9-28(10-12-31)17-24(34)5-7-29(8-6-24)21-4-3-18(13-20(21)25)30-16-19(35-23(30)33)15-27-22(32)14-26/h3-4,13,19,34H,5-12,14-17H2,1-2H3/p+1/t19-/m0/s1. The zero-order valence-electron chi connectivity index (χ0n) is 20.5. The van der Waals surface area contributed by atoms with Gasteiger partial charge in [0, 0.05) is 32.7 Å². The number of likely N-dealkylation sites (N-methyl/N-ethyl adjacent to an activating group) is 1. The summed E-state index contributed by atoms with van der Waals surface area (Å²) in [7, 11) is 4.48. The first-order chi connectivity index (χ1) is 16.6. The molecule has 3 saturated heterocycles. The first-order valence-electron chi connectivity index (χ1n) is 12.2. The molecule has 3 aliphatic rings. The number of cyclic esters (lactones) is 1. The Kier molecular flexibility index (Phi) is 8.08. The van der Waals surface area contributed by atoms with Crippen LogP contribution in [0.25, 0.3) is 0 Å². The Morgan fingerprint density at radius 2 is 1.94 bits per heavy atom. The van der Waals surface area contributed by atoms with Crippen molar-refractivity contribution >= 4 is 46.0 Å². The van der Waals surface area contributed by atoms with Crippen LogP contribution in [0.15, 0.2) is 18.2 Å². The maximum Gasteiger partial charge on any atom is 0.414 e. The SMILES string of the molecule is C[N+]1(C)CCN(CC2(O)CCN(c3ccc(N4C[C@H](CNC(=O)CI)OC4=O)cc3F)CC2)CC1. The van der Waals surface area contributed by atoms with E-state index in [1.165, 1.54) is 11.0 Å². The van der Waals surface area contributed by atoms with E-state index < -0.39 is 23.6 Å². The topological polar surface area (TPSA) is 85.3 Å². The minimum atomic E-state index is -0.748. The molecule has 9 nitrogen and oxygen atoms in total. The van der Waals surface area contributed by atoms with Crippen LogP contribution in [0.5, 0.6) is 0 Å². The molecule has 11 heteroatoms. The molecule has 0 bridgehead atoms. The zero-order chi connectivity index (χ0) is 25.2. The van der Waals surface area contributed by atoms with Gasteiger partial charge in [-0.05, 0) is 31.0 Å². The third-order valence-electron chi connectivity index (χ3n) is 7.36. The van der Waals surface area contributed by atoms with Crippen LogP contribution in [0, 0.1) is 5.82 Å². The lowest BCUT2D eigenvalue weighted by atomic mass is 9.90. The molecule has 0 radical (unpaired) electrons. The second kappa shape index (κ2) is 10.7. The van der Waals surface area contributed by atoms with Gasteiger partial charge in [0.2, 0.25) is 5.91 Å². The summed E-state index contributed by atoms with van der Waals surface area (Å²) in [5.74, 6) is -0.526. The molecule has 0 saturated carbocycles. The molecule has 0 unspecified atom stereocenters. The summed E-state index contributed by atoms with van der Waals surface area (Å²) < 4.78 is 21.8. The maximum absolute atomic E-state index is 15.1. The molecule has 0 aliphatic carbocycles. The number of piperazine rings is 1. The lowest BCUT2D eigenvalue weighted by Gasteiger charge is -2.45. The number of nitrogens with zero attached hydrogens (tertiary/aromatic N) is 4. The molecule has 4 rings (SSSR count). The largest absolute Gasteiger partial charge is 0.442 e. The second-order valence-corrected chi connectivity index (χ2v) is 11.3. The third-order valence-corrected chi connectivity index (χ3v) is 8.05. The van der Waals surface area contributed by atoms with Crippen molar-refractivity contribution in [2.75, 3.05) is 87.2 Å². The van der Waals surface area contributed by atoms with E-state index >= 15 is 4.39 Å². The number of alkyl halides is 1. The van der Waals surface area contributed by atoms with Gasteiger partial charge < -0.3 is 24.5 Å². The number of piperidine rings is 1. The Labute approximate surface area is 219 Å². The summed E-state index contributed by atoms with van der Waals surface area (Å²) in [4.78, 5) is 29.5. The Hall–Kier alpha value is -1.70. The van der Waals surface area contributed by atoms with Gasteiger partial charge in [0.05, 0.1) is 61.7 Å². The van der Waals surface area contributed by atoms with Crippen molar-refractivity contribution in [3.63, 3.8) is 0 Å². The molecule has 0 spiro atoms. The number of aliphatic hydroxyl groups is 1. The van der Waals surface area contributed by atoms with Crippen molar-refractivity contribution in [2.45, 2.75) is 24.5 Å². The van der Waals surface area contributed by atoms with Crippen molar-refractivity contribution in [1.29, 1.82) is 0 Å². The predicted molar refractivity (Wildman–Crippen MR) is 141 cm³/mol. The van der Waals surface area contributed by atoms with Crippen molar-refractivity contribution < 1.29 is 28.3 Å². The average molecular weight is 604 g/mol. The molecule has 35 heavy (non-hydrogen) atoms. The molecule has 1 aromatic carbocycles. The molecule has 3 aliphatic heterocycles. The first-order valence-corrected chi connectivity index (χ1v) is 13.7. The first kappa shape index (κ1) is 26.4. The van der Waals surface area contributed by atoms with Crippen LogP contribution in [-0.4, -0.2) is 116 Å². The molecule has 0 aromatic heterocycles. The van der Waals surface area contributed by atoms with E-state index in [0.29, 0.717) is 48.3 Å². The molecule has 3 fully saturated rings. The van der Waals surface area contributed by atoms with E-state index in [0.717, 1.165) is 30.7 Å². The quantitative estimate of drug-likeness (QED) is 0.279. The van der Waals surface area contributed by atoms with E-state index in [1.54, 1.807) is 12.1 Å². The molecule has 194 valence electrons. The van der Waals surface area contributed by atoms with Gasteiger partial charge in [-0.15, -0.1) is 0 Å². The highest BCUT2D eigenvalue weighted by molar-refractivity contribution is 14.1. The van der Waals surface area contributed by atoms with Gasteiger partial charge in [0.15, 0.2) is 0 Å². The van der Waals surface area contributed by atoms with Gasteiger partial charge in [-0.1, -0.05) is 22.6 Å². The second-order valence-electron chi connectivity index (χ2n) is 10.6. The lowest BCUT2D eigenvalue weighted by Crippen LogP contribution is -2.59. The summed E-state index contributed by atoms with van der Waals surface area (Å²) in [5.41, 5.74) is 0.160. The summed E-state index contributed by atoms with van der Waals surface area (Å²) in [5, 5.41) is 13.9. The van der Waals surface area contributed by atoms with E-state index in [-0.39, 0.29) is 19.0 Å². The Morgan fingerprint density at radius 1 is 1.26 bits per heavy atom. The van der Waals surface area contributed by atoms with Crippen molar-refractivity contribution in [2.24, 2.45) is 0 Å². The van der Waals surface area contributed by atoms with Crippen LogP contribution in [0.1, 0.15) is 12.8 Å². The number of amides is 2. The number of hydrogen-bond donors (Lipinski definition) is 2. The van der Waals surface area contributed by atoms with E-state index in [2.05, 4.69) is 24.3 Å². The van der Waals surface area contributed by atoms with Crippen LogP contribution in [0.3, 0.4) is 0 Å². The molecule has 3 heterocycles. The Morgan fingerprint density at radius 3 is 2.57 bits per heavy atom. The zero-order valence-corrected chi connectivity index (χ0v) is 22.7. The number of ether oxygens (including phenoxy) is 1. The highest BCUT2D eigenvalue weighted by Crippen LogP contribution is 2.32. The Balaban J connectivity index is 1.31.